The molecule has 0 saturated carbocycles. The van der Waals surface area contributed by atoms with Crippen LogP contribution in [0.3, 0.4) is 0 Å². The average molecular weight is 504 g/mol. The Hall–Kier alpha value is -3.70. The van der Waals surface area contributed by atoms with Gasteiger partial charge in [-0.3, -0.25) is 9.40 Å². The topological polar surface area (TPSA) is 97.1 Å². The Morgan fingerprint density at radius 3 is 2.33 bits per heavy atom. The molecule has 0 spiro atoms. The summed E-state index contributed by atoms with van der Waals surface area (Å²) in [7, 11) is 4.01. The van der Waals surface area contributed by atoms with Crippen molar-refractivity contribution in [2.45, 2.75) is 18.7 Å². The molecule has 1 aliphatic rings. The summed E-state index contributed by atoms with van der Waals surface area (Å²) in [5.74, 6) is 2.08. The van der Waals surface area contributed by atoms with E-state index in [1.54, 1.807) is 23.3 Å². The van der Waals surface area contributed by atoms with Gasteiger partial charge in [0.1, 0.15) is 0 Å². The summed E-state index contributed by atoms with van der Waals surface area (Å²) in [6.07, 6.45) is 7.09. The van der Waals surface area contributed by atoms with E-state index in [-0.39, 0.29) is 0 Å². The van der Waals surface area contributed by atoms with Crippen molar-refractivity contribution in [2.24, 2.45) is 7.05 Å². The minimum atomic E-state index is 0.410. The third kappa shape index (κ3) is 5.58. The Morgan fingerprint density at radius 1 is 0.944 bits per heavy atom. The first-order chi connectivity index (χ1) is 17.4. The molecule has 0 unspecified atom stereocenters. The number of nitrogens with zero attached hydrogens (tertiary/aromatic N) is 8. The van der Waals surface area contributed by atoms with E-state index in [0.29, 0.717) is 23.5 Å². The summed E-state index contributed by atoms with van der Waals surface area (Å²) >= 11 is 1.39. The van der Waals surface area contributed by atoms with Gasteiger partial charge in [0, 0.05) is 51.1 Å². The number of hydrogen-bond donors (Lipinski definition) is 1. The molecule has 1 aliphatic heterocycles. The highest BCUT2D eigenvalue weighted by Gasteiger charge is 2.17. The largest absolute Gasteiger partial charge is 0.436 e. The first-order valence-electron chi connectivity index (χ1n) is 11.7. The van der Waals surface area contributed by atoms with E-state index < -0.39 is 0 Å². The molecule has 0 radical (unpaired) electrons. The molecule has 1 fully saturated rings. The Kier molecular flexibility index (Phi) is 7.01. The normalized spacial score (nSPS) is 14.2. The molecule has 186 valence electrons. The third-order valence-corrected chi connectivity index (χ3v) is 6.74. The number of aromatic nitrogens is 6. The lowest BCUT2D eigenvalue weighted by molar-refractivity contribution is 0.311. The summed E-state index contributed by atoms with van der Waals surface area (Å²) in [6.45, 7) is 7.96. The van der Waals surface area contributed by atoms with Crippen LogP contribution in [0.4, 0.5) is 11.9 Å². The molecule has 1 saturated heterocycles. The fraction of sp³-hybridized carbons (Fsp3) is 0.320. The van der Waals surface area contributed by atoms with E-state index in [2.05, 4.69) is 67.6 Å². The standard InChI is InChI=1S/C25H29N9OS/c1-17-6-5-7-18(2)23(17)21-12-22(30-24(29-21)31-36-20-15-28-33(4)16-20)35-19-13-26-25(27-14-19)34-10-8-32(3)9-11-34/h5-7,12-16H,8-11H2,1-4H3,(H,29,30,31). The van der Waals surface area contributed by atoms with Crippen LogP contribution in [0.15, 0.2) is 53.9 Å². The zero-order valence-corrected chi connectivity index (χ0v) is 21.7. The molecule has 36 heavy (non-hydrogen) atoms. The van der Waals surface area contributed by atoms with E-state index in [0.717, 1.165) is 53.5 Å². The Labute approximate surface area is 214 Å². The van der Waals surface area contributed by atoms with E-state index in [1.807, 2.05) is 25.4 Å². The number of anilines is 2. The van der Waals surface area contributed by atoms with Crippen molar-refractivity contribution in [3.63, 3.8) is 0 Å². The molecule has 0 atom stereocenters. The lowest BCUT2D eigenvalue weighted by atomic mass is 10.00. The maximum Gasteiger partial charge on any atom is 0.237 e. The van der Waals surface area contributed by atoms with Crippen molar-refractivity contribution in [1.29, 1.82) is 0 Å². The van der Waals surface area contributed by atoms with E-state index in [1.165, 1.54) is 11.9 Å². The summed E-state index contributed by atoms with van der Waals surface area (Å²) < 4.78 is 11.1. The van der Waals surface area contributed by atoms with Gasteiger partial charge < -0.3 is 14.5 Å². The predicted octanol–water partition coefficient (Wildman–Crippen LogP) is 3.95. The molecule has 1 aromatic carbocycles. The number of aryl methyl sites for hydroxylation is 3. The van der Waals surface area contributed by atoms with Crippen molar-refractivity contribution in [2.75, 3.05) is 42.8 Å². The maximum atomic E-state index is 6.11. The van der Waals surface area contributed by atoms with E-state index >= 15 is 0 Å². The second-order valence-corrected chi connectivity index (χ2v) is 9.73. The Balaban J connectivity index is 1.40. The molecular formula is C25H29N9OS. The Bertz CT molecular complexity index is 1310. The number of nitrogens with one attached hydrogen (secondary N) is 1. The lowest BCUT2D eigenvalue weighted by Gasteiger charge is -2.32. The third-order valence-electron chi connectivity index (χ3n) is 6.00. The zero-order chi connectivity index (χ0) is 25.1. The molecule has 4 heterocycles. The molecule has 5 rings (SSSR count). The first-order valence-corrected chi connectivity index (χ1v) is 12.6. The summed E-state index contributed by atoms with van der Waals surface area (Å²) in [5, 5.41) is 4.21. The van der Waals surface area contributed by atoms with Crippen LogP contribution >= 0.6 is 11.9 Å². The molecule has 0 bridgehead atoms. The van der Waals surface area contributed by atoms with Crippen LogP contribution in [0.25, 0.3) is 11.3 Å². The number of ether oxygens (including phenoxy) is 1. The van der Waals surface area contributed by atoms with Gasteiger partial charge in [-0.05, 0) is 44.0 Å². The predicted molar refractivity (Wildman–Crippen MR) is 141 cm³/mol. The fourth-order valence-electron chi connectivity index (χ4n) is 4.08. The van der Waals surface area contributed by atoms with Gasteiger partial charge in [-0.25, -0.2) is 15.0 Å². The highest BCUT2D eigenvalue weighted by molar-refractivity contribution is 8.00. The SMILES string of the molecule is Cc1cccc(C)c1-c1cc(Oc2cnc(N3CCN(C)CC3)nc2)nc(NSc2cnn(C)c2)n1. The first kappa shape index (κ1) is 24.0. The van der Waals surface area contributed by atoms with Crippen LogP contribution < -0.4 is 14.4 Å². The monoisotopic (exact) mass is 503 g/mol. The summed E-state index contributed by atoms with van der Waals surface area (Å²) in [6, 6.07) is 8.05. The van der Waals surface area contributed by atoms with Crippen LogP contribution in [-0.2, 0) is 7.05 Å². The summed E-state index contributed by atoms with van der Waals surface area (Å²) in [4.78, 5) is 23.9. The molecule has 3 aromatic heterocycles. The van der Waals surface area contributed by atoms with E-state index in [9.17, 15) is 0 Å². The fourth-order valence-corrected chi connectivity index (χ4v) is 4.68. The Morgan fingerprint density at radius 2 is 1.67 bits per heavy atom. The van der Waals surface area contributed by atoms with Crippen LogP contribution in [0.1, 0.15) is 11.1 Å². The van der Waals surface area contributed by atoms with Gasteiger partial charge in [0.2, 0.25) is 17.8 Å². The number of likely N-dealkylation sites (N-methyl/N-ethyl adjacent to an activating group) is 1. The van der Waals surface area contributed by atoms with Crippen molar-refractivity contribution >= 4 is 23.8 Å². The molecule has 0 amide bonds. The van der Waals surface area contributed by atoms with Gasteiger partial charge in [-0.2, -0.15) is 10.1 Å². The molecule has 10 nitrogen and oxygen atoms in total. The quantitative estimate of drug-likeness (QED) is 0.373. The van der Waals surface area contributed by atoms with Crippen LogP contribution in [-0.4, -0.2) is 67.8 Å². The minimum Gasteiger partial charge on any atom is -0.436 e. The minimum absolute atomic E-state index is 0.410. The average Bonchev–Trinajstić information content (AvgIpc) is 3.29. The van der Waals surface area contributed by atoms with E-state index in [4.69, 9.17) is 9.72 Å². The smallest absolute Gasteiger partial charge is 0.237 e. The number of hydrogen-bond acceptors (Lipinski definition) is 10. The highest BCUT2D eigenvalue weighted by Crippen LogP contribution is 2.31. The number of rotatable bonds is 7. The molecule has 4 aromatic rings. The van der Waals surface area contributed by atoms with Crippen molar-refractivity contribution in [1.82, 2.24) is 34.6 Å². The molecule has 11 heteroatoms. The lowest BCUT2D eigenvalue weighted by Crippen LogP contribution is -2.45. The van der Waals surface area contributed by atoms with Gasteiger partial charge in [0.25, 0.3) is 0 Å². The second kappa shape index (κ2) is 10.5. The zero-order valence-electron chi connectivity index (χ0n) is 20.8. The van der Waals surface area contributed by atoms with Crippen LogP contribution in [0.2, 0.25) is 0 Å². The van der Waals surface area contributed by atoms with Gasteiger partial charge in [0.05, 0.1) is 29.2 Å². The molecular weight excluding hydrogens is 474 g/mol. The molecule has 1 N–H and O–H groups in total. The van der Waals surface area contributed by atoms with Gasteiger partial charge >= 0.3 is 0 Å². The summed E-state index contributed by atoms with van der Waals surface area (Å²) in [5.41, 5.74) is 4.09. The second-order valence-electron chi connectivity index (χ2n) is 8.85. The van der Waals surface area contributed by atoms with Crippen LogP contribution in [0, 0.1) is 13.8 Å². The van der Waals surface area contributed by atoms with Crippen LogP contribution in [0.5, 0.6) is 11.6 Å². The van der Waals surface area contributed by atoms with Gasteiger partial charge in [0.15, 0.2) is 5.75 Å². The van der Waals surface area contributed by atoms with Gasteiger partial charge in [-0.15, -0.1) is 0 Å². The number of benzene rings is 1. The number of piperazine rings is 1. The van der Waals surface area contributed by atoms with Crippen molar-refractivity contribution in [3.05, 3.63) is 60.2 Å². The van der Waals surface area contributed by atoms with Gasteiger partial charge in [-0.1, -0.05) is 18.2 Å². The molecule has 0 aliphatic carbocycles. The van der Waals surface area contributed by atoms with Crippen molar-refractivity contribution < 1.29 is 4.74 Å². The van der Waals surface area contributed by atoms with Crippen molar-refractivity contribution in [3.8, 4) is 22.9 Å². The highest BCUT2D eigenvalue weighted by atomic mass is 32.2. The maximum absolute atomic E-state index is 6.11.